The van der Waals surface area contributed by atoms with Crippen molar-refractivity contribution in [2.75, 3.05) is 13.2 Å². The Labute approximate surface area is 497 Å². The standard InChI is InChI=1S/C74H132O6/c1-4-7-10-13-16-19-22-25-28-31-34-35-36-37-38-39-41-43-46-49-52-55-58-61-64-67-73(76)79-70-71(69-78-72(75)66-63-60-57-54-51-48-45-42-33-30-27-24-21-18-15-12-9-6-3)80-74(77)68-65-62-59-56-53-50-47-44-40-32-29-26-23-20-17-14-11-8-5-2/h8,11,17,20,26,29,40,44,50,53,59,62,71H,4-7,9-10,12-16,18-19,21-25,27-28,30-39,41-43,45-49,51-52,54-58,60-61,63-70H2,1-3H3/b11-8-,20-17-,29-26-,44-40-,53-50-,62-59-. The number of hydrogen-bond donors (Lipinski definition) is 0. The van der Waals surface area contributed by atoms with Crippen molar-refractivity contribution in [3.05, 3.63) is 72.9 Å². The zero-order chi connectivity index (χ0) is 57.8. The van der Waals surface area contributed by atoms with Crippen molar-refractivity contribution in [2.24, 2.45) is 0 Å². The predicted octanol–water partition coefficient (Wildman–Crippen LogP) is 24.1. The lowest BCUT2D eigenvalue weighted by molar-refractivity contribution is -0.166. The van der Waals surface area contributed by atoms with Crippen LogP contribution in [-0.2, 0) is 28.6 Å². The smallest absolute Gasteiger partial charge is 0.306 e. The van der Waals surface area contributed by atoms with Gasteiger partial charge >= 0.3 is 17.9 Å². The van der Waals surface area contributed by atoms with Crippen molar-refractivity contribution in [2.45, 2.75) is 367 Å². The van der Waals surface area contributed by atoms with Crippen LogP contribution in [0.15, 0.2) is 72.9 Å². The molecule has 0 saturated carbocycles. The molecule has 0 aliphatic carbocycles. The second-order valence-corrected chi connectivity index (χ2v) is 23.4. The number of unbranched alkanes of at least 4 members (excludes halogenated alkanes) is 41. The first-order valence-corrected chi connectivity index (χ1v) is 34.9. The summed E-state index contributed by atoms with van der Waals surface area (Å²) in [7, 11) is 0. The number of carbonyl (C=O) groups is 3. The summed E-state index contributed by atoms with van der Waals surface area (Å²) < 4.78 is 16.9. The Morgan fingerprint density at radius 2 is 0.487 bits per heavy atom. The van der Waals surface area contributed by atoms with Gasteiger partial charge in [-0.2, -0.15) is 0 Å². The minimum atomic E-state index is -0.815. The van der Waals surface area contributed by atoms with Crippen LogP contribution in [0.4, 0.5) is 0 Å². The molecule has 0 fully saturated rings. The molecule has 0 aromatic heterocycles. The Hall–Kier alpha value is -3.15. The summed E-state index contributed by atoms with van der Waals surface area (Å²) in [6.07, 6.45) is 89.4. The fourth-order valence-electron chi connectivity index (χ4n) is 10.3. The lowest BCUT2D eigenvalue weighted by atomic mass is 10.0. The summed E-state index contributed by atoms with van der Waals surface area (Å²) in [6.45, 7) is 6.53. The molecule has 464 valence electrons. The maximum absolute atomic E-state index is 12.9. The summed E-state index contributed by atoms with van der Waals surface area (Å²) in [5, 5.41) is 0. The van der Waals surface area contributed by atoms with Crippen molar-refractivity contribution in [1.29, 1.82) is 0 Å². The number of hydrogen-bond acceptors (Lipinski definition) is 6. The van der Waals surface area contributed by atoms with Gasteiger partial charge in [0.2, 0.25) is 0 Å². The zero-order valence-electron chi connectivity index (χ0n) is 53.3. The van der Waals surface area contributed by atoms with Gasteiger partial charge in [-0.25, -0.2) is 0 Å². The Kier molecular flexibility index (Phi) is 65.7. The Balaban J connectivity index is 4.37. The van der Waals surface area contributed by atoms with Crippen molar-refractivity contribution in [3.8, 4) is 0 Å². The average molecular weight is 1120 g/mol. The lowest BCUT2D eigenvalue weighted by Crippen LogP contribution is -2.30. The van der Waals surface area contributed by atoms with Crippen LogP contribution in [0.2, 0.25) is 0 Å². The van der Waals surface area contributed by atoms with Crippen LogP contribution in [0.3, 0.4) is 0 Å². The molecule has 0 aliphatic heterocycles. The second kappa shape index (κ2) is 68.3. The number of ether oxygens (including phenoxy) is 3. The van der Waals surface area contributed by atoms with E-state index in [1.54, 1.807) is 0 Å². The van der Waals surface area contributed by atoms with E-state index in [0.29, 0.717) is 19.3 Å². The van der Waals surface area contributed by atoms with E-state index in [2.05, 4.69) is 87.6 Å². The van der Waals surface area contributed by atoms with E-state index >= 15 is 0 Å². The molecule has 0 aliphatic rings. The largest absolute Gasteiger partial charge is 0.462 e. The van der Waals surface area contributed by atoms with Crippen LogP contribution in [0.1, 0.15) is 361 Å². The van der Waals surface area contributed by atoms with E-state index in [1.165, 1.54) is 238 Å². The van der Waals surface area contributed by atoms with Gasteiger partial charge in [-0.3, -0.25) is 14.4 Å². The average Bonchev–Trinajstić information content (AvgIpc) is 3.46. The zero-order valence-corrected chi connectivity index (χ0v) is 53.3. The Morgan fingerprint density at radius 3 is 0.738 bits per heavy atom. The molecule has 0 N–H and O–H groups in total. The van der Waals surface area contributed by atoms with Gasteiger partial charge in [0, 0.05) is 19.3 Å². The minimum Gasteiger partial charge on any atom is -0.462 e. The van der Waals surface area contributed by atoms with Crippen LogP contribution in [0, 0.1) is 0 Å². The molecule has 0 rings (SSSR count). The van der Waals surface area contributed by atoms with Crippen molar-refractivity contribution in [1.82, 2.24) is 0 Å². The normalized spacial score (nSPS) is 12.5. The third kappa shape index (κ3) is 65.7. The molecule has 0 bridgehead atoms. The van der Waals surface area contributed by atoms with E-state index in [0.717, 1.165) is 77.0 Å². The monoisotopic (exact) mass is 1120 g/mol. The fourth-order valence-corrected chi connectivity index (χ4v) is 10.3. The predicted molar refractivity (Wildman–Crippen MR) is 348 cm³/mol. The first-order valence-electron chi connectivity index (χ1n) is 34.9. The number of carbonyl (C=O) groups excluding carboxylic acids is 3. The summed E-state index contributed by atoms with van der Waals surface area (Å²) in [5.74, 6) is -0.962. The van der Waals surface area contributed by atoms with Gasteiger partial charge in [0.05, 0.1) is 0 Å². The highest BCUT2D eigenvalue weighted by Gasteiger charge is 2.19. The molecule has 6 heteroatoms. The van der Waals surface area contributed by atoms with Gasteiger partial charge in [0.25, 0.3) is 0 Å². The molecule has 0 amide bonds. The van der Waals surface area contributed by atoms with E-state index in [4.69, 9.17) is 14.2 Å². The molecule has 0 aromatic rings. The summed E-state index contributed by atoms with van der Waals surface area (Å²) in [6, 6.07) is 0. The third-order valence-corrected chi connectivity index (χ3v) is 15.5. The first-order chi connectivity index (χ1) is 39.5. The Morgan fingerprint density at radius 1 is 0.263 bits per heavy atom. The molecule has 0 radical (unpaired) electrons. The molecule has 0 heterocycles. The number of rotatable bonds is 64. The highest BCUT2D eigenvalue weighted by atomic mass is 16.6. The van der Waals surface area contributed by atoms with Gasteiger partial charge in [-0.15, -0.1) is 0 Å². The summed E-state index contributed by atoms with van der Waals surface area (Å²) >= 11 is 0. The third-order valence-electron chi connectivity index (χ3n) is 15.5. The van der Waals surface area contributed by atoms with Crippen molar-refractivity contribution < 1.29 is 28.6 Å². The first kappa shape index (κ1) is 76.9. The van der Waals surface area contributed by atoms with Gasteiger partial charge in [0.1, 0.15) is 13.2 Å². The molecule has 1 atom stereocenters. The summed E-state index contributed by atoms with van der Waals surface area (Å²) in [5.41, 5.74) is 0. The minimum absolute atomic E-state index is 0.101. The molecule has 0 aromatic carbocycles. The van der Waals surface area contributed by atoms with E-state index in [1.807, 2.05) is 6.08 Å². The van der Waals surface area contributed by atoms with Gasteiger partial charge in [0.15, 0.2) is 6.10 Å². The maximum atomic E-state index is 12.9. The molecular formula is C74H132O6. The topological polar surface area (TPSA) is 78.9 Å². The molecule has 80 heavy (non-hydrogen) atoms. The van der Waals surface area contributed by atoms with Crippen molar-refractivity contribution >= 4 is 17.9 Å². The number of allylic oxidation sites excluding steroid dienone is 12. The molecule has 6 nitrogen and oxygen atoms in total. The fraction of sp³-hybridized carbons (Fsp3) is 0.797. The van der Waals surface area contributed by atoms with Crippen LogP contribution in [0.5, 0.6) is 0 Å². The quantitative estimate of drug-likeness (QED) is 0.0261. The highest BCUT2D eigenvalue weighted by Crippen LogP contribution is 2.18. The van der Waals surface area contributed by atoms with Gasteiger partial charge in [-0.1, -0.05) is 357 Å². The van der Waals surface area contributed by atoms with Crippen molar-refractivity contribution in [3.63, 3.8) is 0 Å². The summed E-state index contributed by atoms with van der Waals surface area (Å²) in [4.78, 5) is 38.4. The van der Waals surface area contributed by atoms with E-state index in [9.17, 15) is 14.4 Å². The van der Waals surface area contributed by atoms with Crippen LogP contribution < -0.4 is 0 Å². The lowest BCUT2D eigenvalue weighted by Gasteiger charge is -2.18. The molecule has 0 spiro atoms. The Bertz CT molecular complexity index is 1470. The van der Waals surface area contributed by atoms with E-state index < -0.39 is 6.10 Å². The number of esters is 3. The molecule has 0 saturated heterocycles. The van der Waals surface area contributed by atoms with Crippen LogP contribution in [0.25, 0.3) is 0 Å². The highest BCUT2D eigenvalue weighted by molar-refractivity contribution is 5.71. The van der Waals surface area contributed by atoms with Crippen LogP contribution >= 0.6 is 0 Å². The van der Waals surface area contributed by atoms with Gasteiger partial charge in [-0.05, 0) is 57.8 Å². The van der Waals surface area contributed by atoms with Crippen LogP contribution in [-0.4, -0.2) is 37.2 Å². The maximum Gasteiger partial charge on any atom is 0.306 e. The second-order valence-electron chi connectivity index (χ2n) is 23.4. The SMILES string of the molecule is CC/C=C\C/C=C\C/C=C\C/C=C\C/C=C\C/C=C\CCC(=O)OC(COC(=O)CCCCCCCCCCCCCCCCCCCC)COC(=O)CCCCCCCCCCCCCCCCCCCCCCCCCCC. The molecule has 1 unspecified atom stereocenters. The van der Waals surface area contributed by atoms with Gasteiger partial charge < -0.3 is 14.2 Å². The molecular weight excluding hydrogens is 985 g/mol. The van der Waals surface area contributed by atoms with E-state index in [-0.39, 0.29) is 37.5 Å².